The number of nitro benzene ring substituents is 1. The molecule has 1 aliphatic heterocycles. The molecule has 5 rings (SSSR count). The van der Waals surface area contributed by atoms with Crippen LogP contribution in [-0.4, -0.2) is 75.5 Å². The second-order valence-electron chi connectivity index (χ2n) is 9.32. The number of rotatable bonds is 10. The van der Waals surface area contributed by atoms with Crippen molar-refractivity contribution in [3.63, 3.8) is 0 Å². The van der Waals surface area contributed by atoms with Gasteiger partial charge in [0.25, 0.3) is 21.6 Å². The minimum Gasteiger partial charge on any atom is -0.497 e. The molecule has 0 spiro atoms. The molecule has 1 aliphatic rings. The van der Waals surface area contributed by atoms with E-state index in [-0.39, 0.29) is 40.1 Å². The predicted molar refractivity (Wildman–Crippen MR) is 165 cm³/mol. The quantitative estimate of drug-likeness (QED) is 0.196. The Morgan fingerprint density at radius 3 is 2.48 bits per heavy atom. The molecular weight excluding hydrogens is 604 g/mol. The number of halogens is 1. The molecule has 1 saturated heterocycles. The van der Waals surface area contributed by atoms with Gasteiger partial charge in [-0.1, -0.05) is 23.5 Å². The van der Waals surface area contributed by atoms with E-state index in [4.69, 9.17) is 4.74 Å². The lowest BCUT2D eigenvalue weighted by Gasteiger charge is -2.34. The van der Waals surface area contributed by atoms with Crippen LogP contribution in [0.15, 0.2) is 71.6 Å². The Morgan fingerprint density at radius 2 is 1.79 bits per heavy atom. The van der Waals surface area contributed by atoms with Gasteiger partial charge in [0.2, 0.25) is 0 Å². The van der Waals surface area contributed by atoms with E-state index in [1.54, 1.807) is 48.5 Å². The van der Waals surface area contributed by atoms with Crippen molar-refractivity contribution < 1.29 is 22.9 Å². The third-order valence-electron chi connectivity index (χ3n) is 6.71. The molecule has 0 bridgehead atoms. The first-order valence-corrected chi connectivity index (χ1v) is 15.1. The van der Waals surface area contributed by atoms with Crippen molar-refractivity contribution in [2.45, 2.75) is 4.90 Å². The maximum atomic E-state index is 13.0. The smallest absolute Gasteiger partial charge is 0.270 e. The first-order valence-electron chi connectivity index (χ1n) is 12.8. The van der Waals surface area contributed by atoms with Crippen LogP contribution in [-0.2, 0) is 10.0 Å². The molecule has 1 fully saturated rings. The van der Waals surface area contributed by atoms with Gasteiger partial charge in [-0.05, 0) is 42.5 Å². The number of piperazine rings is 1. The van der Waals surface area contributed by atoms with Gasteiger partial charge in [-0.15, -0.1) is 12.4 Å². The monoisotopic (exact) mass is 632 g/mol. The predicted octanol–water partition coefficient (Wildman–Crippen LogP) is 3.99. The Bertz CT molecular complexity index is 1670. The largest absolute Gasteiger partial charge is 0.497 e. The second kappa shape index (κ2) is 13.3. The summed E-state index contributed by atoms with van der Waals surface area (Å²) < 4.78 is 34.2. The summed E-state index contributed by atoms with van der Waals surface area (Å²) >= 11 is 1.44. The average molecular weight is 633 g/mol. The highest BCUT2D eigenvalue weighted by Crippen LogP contribution is 2.32. The van der Waals surface area contributed by atoms with Crippen LogP contribution in [0.4, 0.5) is 16.5 Å². The van der Waals surface area contributed by atoms with E-state index >= 15 is 0 Å². The van der Waals surface area contributed by atoms with Crippen molar-refractivity contribution in [2.24, 2.45) is 0 Å². The zero-order valence-corrected chi connectivity index (χ0v) is 25.0. The molecule has 4 aromatic rings. The number of anilines is 2. The number of thiazole rings is 1. The fraction of sp³-hybridized carbons (Fsp3) is 0.259. The number of ether oxygens (including phenoxy) is 1. The van der Waals surface area contributed by atoms with Gasteiger partial charge in [-0.2, -0.15) is 0 Å². The highest BCUT2D eigenvalue weighted by Gasteiger charge is 2.22. The van der Waals surface area contributed by atoms with Crippen LogP contribution in [0.2, 0.25) is 0 Å². The highest BCUT2D eigenvalue weighted by atomic mass is 35.5. The fourth-order valence-corrected chi connectivity index (χ4v) is 6.59. The van der Waals surface area contributed by atoms with E-state index < -0.39 is 14.9 Å². The number of carbonyl (C=O) groups excluding carboxylic acids is 1. The van der Waals surface area contributed by atoms with E-state index in [1.165, 1.54) is 36.6 Å². The summed E-state index contributed by atoms with van der Waals surface area (Å²) in [7, 11) is -2.41. The first-order chi connectivity index (χ1) is 19.7. The van der Waals surface area contributed by atoms with E-state index in [0.29, 0.717) is 18.8 Å². The molecule has 0 aliphatic carbocycles. The number of nitro groups is 1. The third-order valence-corrected chi connectivity index (χ3v) is 9.17. The zero-order valence-electron chi connectivity index (χ0n) is 22.6. The van der Waals surface area contributed by atoms with Crippen LogP contribution in [0, 0.1) is 10.1 Å². The van der Waals surface area contributed by atoms with Crippen LogP contribution in [0.25, 0.3) is 10.2 Å². The van der Waals surface area contributed by atoms with Crippen molar-refractivity contribution in [2.75, 3.05) is 56.0 Å². The lowest BCUT2D eigenvalue weighted by atomic mass is 10.1. The van der Waals surface area contributed by atoms with Crippen molar-refractivity contribution in [1.29, 1.82) is 0 Å². The van der Waals surface area contributed by atoms with Gasteiger partial charge in [-0.25, -0.2) is 13.4 Å². The summed E-state index contributed by atoms with van der Waals surface area (Å²) in [5.41, 5.74) is 1.21. The number of non-ortho nitro benzene ring substituents is 1. The standard InChI is InChI=1S/C27H28N6O6S2.ClH/c1-39-20-7-9-21(10-8-20)41(37,38)30-23-5-3-2-4-22(23)26(34)28-12-13-31-14-16-32(17-15-31)27-29-24-11-6-19(33(35)36)18-25(24)40-27;/h2-11,18,30H,12-17H2,1H3,(H,28,34);1H. The Morgan fingerprint density at radius 1 is 1.07 bits per heavy atom. The fourth-order valence-electron chi connectivity index (χ4n) is 4.46. The molecule has 0 saturated carbocycles. The minimum atomic E-state index is -3.91. The molecule has 1 aromatic heterocycles. The van der Waals surface area contributed by atoms with E-state index in [1.807, 2.05) is 0 Å². The number of hydrogen-bond donors (Lipinski definition) is 2. The molecule has 15 heteroatoms. The summed E-state index contributed by atoms with van der Waals surface area (Å²) in [5.74, 6) is 0.162. The summed E-state index contributed by atoms with van der Waals surface area (Å²) in [4.78, 5) is 32.7. The van der Waals surface area contributed by atoms with Gasteiger partial charge in [0.1, 0.15) is 5.75 Å². The Kier molecular flexibility index (Phi) is 9.83. The Hall–Kier alpha value is -3.98. The molecule has 0 radical (unpaired) electrons. The number of benzene rings is 3. The first kappa shape index (κ1) is 31.0. The van der Waals surface area contributed by atoms with Crippen LogP contribution < -0.4 is 19.7 Å². The van der Waals surface area contributed by atoms with Gasteiger partial charge in [0, 0.05) is 51.4 Å². The number of sulfonamides is 1. The van der Waals surface area contributed by atoms with Gasteiger partial charge in [0.05, 0.1) is 38.4 Å². The highest BCUT2D eigenvalue weighted by molar-refractivity contribution is 7.92. The molecule has 1 amide bonds. The number of amides is 1. The lowest BCUT2D eigenvalue weighted by Crippen LogP contribution is -2.48. The van der Waals surface area contributed by atoms with Gasteiger partial charge in [0.15, 0.2) is 5.13 Å². The van der Waals surface area contributed by atoms with E-state index in [9.17, 15) is 23.3 Å². The number of aromatic nitrogens is 1. The van der Waals surface area contributed by atoms with Gasteiger partial charge < -0.3 is 15.0 Å². The average Bonchev–Trinajstić information content (AvgIpc) is 3.41. The van der Waals surface area contributed by atoms with Crippen LogP contribution in [0.5, 0.6) is 5.75 Å². The number of methoxy groups -OCH3 is 1. The molecular formula is C27H29ClN6O6S2. The molecule has 3 aromatic carbocycles. The maximum absolute atomic E-state index is 13.0. The topological polar surface area (TPSA) is 147 Å². The van der Waals surface area contributed by atoms with Crippen LogP contribution in [0.1, 0.15) is 10.4 Å². The summed E-state index contributed by atoms with van der Waals surface area (Å²) in [6.45, 7) is 4.04. The van der Waals surface area contributed by atoms with Gasteiger partial charge in [-0.3, -0.25) is 24.5 Å². The molecule has 2 heterocycles. The number of nitrogens with zero attached hydrogens (tertiary/aromatic N) is 4. The Balaban J connectivity index is 0.00000405. The molecule has 12 nitrogen and oxygen atoms in total. The Labute approximate surface area is 252 Å². The lowest BCUT2D eigenvalue weighted by molar-refractivity contribution is -0.384. The second-order valence-corrected chi connectivity index (χ2v) is 12.0. The molecule has 42 heavy (non-hydrogen) atoms. The van der Waals surface area contributed by atoms with Crippen LogP contribution in [0.3, 0.4) is 0 Å². The molecule has 2 N–H and O–H groups in total. The van der Waals surface area contributed by atoms with Crippen molar-refractivity contribution in [3.05, 3.63) is 82.4 Å². The van der Waals surface area contributed by atoms with Gasteiger partial charge >= 0.3 is 0 Å². The normalized spacial score (nSPS) is 13.8. The third kappa shape index (κ3) is 7.07. The number of hydrogen-bond acceptors (Lipinski definition) is 10. The summed E-state index contributed by atoms with van der Waals surface area (Å²) in [6.07, 6.45) is 0. The SMILES string of the molecule is COc1ccc(S(=O)(=O)Nc2ccccc2C(=O)NCCN2CCN(c3nc4ccc([N+](=O)[O-])cc4s3)CC2)cc1.Cl. The molecule has 0 unspecified atom stereocenters. The summed E-state index contributed by atoms with van der Waals surface area (Å²) in [5, 5.41) is 14.8. The summed E-state index contributed by atoms with van der Waals surface area (Å²) in [6, 6.07) is 17.1. The number of nitrogens with one attached hydrogen (secondary N) is 2. The van der Waals surface area contributed by atoms with Crippen LogP contribution >= 0.6 is 23.7 Å². The molecule has 222 valence electrons. The van der Waals surface area contributed by atoms with E-state index in [2.05, 4.69) is 24.8 Å². The van der Waals surface area contributed by atoms with Crippen molar-refractivity contribution in [1.82, 2.24) is 15.2 Å². The number of carbonyl (C=O) groups is 1. The van der Waals surface area contributed by atoms with Crippen molar-refractivity contribution >= 4 is 66.4 Å². The maximum Gasteiger partial charge on any atom is 0.270 e. The van der Waals surface area contributed by atoms with E-state index in [0.717, 1.165) is 41.5 Å². The molecule has 0 atom stereocenters. The zero-order chi connectivity index (χ0) is 29.0. The minimum absolute atomic E-state index is 0. The number of fused-ring (bicyclic) bond motifs is 1. The van der Waals surface area contributed by atoms with Crippen molar-refractivity contribution in [3.8, 4) is 5.75 Å². The number of para-hydroxylation sites is 1.